The van der Waals surface area contributed by atoms with Gasteiger partial charge in [0.15, 0.2) is 0 Å². The molecule has 0 atom stereocenters. The molecule has 0 unspecified atom stereocenters. The number of carbonyl (C=O) groups excluding carboxylic acids is 2. The van der Waals surface area contributed by atoms with Crippen LogP contribution in [0.25, 0.3) is 11.3 Å². The van der Waals surface area contributed by atoms with Crippen LogP contribution in [0, 0.1) is 18.6 Å². The summed E-state index contributed by atoms with van der Waals surface area (Å²) in [4.78, 5) is 28.3. The molecule has 0 spiro atoms. The fourth-order valence-corrected chi connectivity index (χ4v) is 3.61. The van der Waals surface area contributed by atoms with Gasteiger partial charge in [0.05, 0.1) is 16.3 Å². The van der Waals surface area contributed by atoms with Crippen molar-refractivity contribution in [2.24, 2.45) is 0 Å². The lowest BCUT2D eigenvalue weighted by molar-refractivity contribution is -0.121. The molecule has 0 radical (unpaired) electrons. The Labute approximate surface area is 183 Å². The normalized spacial score (nSPS) is 10.7. The van der Waals surface area contributed by atoms with Gasteiger partial charge in [-0.1, -0.05) is 24.3 Å². The van der Waals surface area contributed by atoms with Gasteiger partial charge >= 0.3 is 0 Å². The number of aromatic nitrogens is 1. The predicted octanol–water partition coefficient (Wildman–Crippen LogP) is 4.27. The number of hydrogen-bond acceptors (Lipinski definition) is 4. The Morgan fingerprint density at radius 1 is 1.03 bits per heavy atom. The van der Waals surface area contributed by atoms with Crippen LogP contribution in [0.5, 0.6) is 0 Å². The predicted molar refractivity (Wildman–Crippen MR) is 117 cm³/mol. The minimum atomic E-state index is -0.912. The zero-order valence-electron chi connectivity index (χ0n) is 17.1. The maximum absolute atomic E-state index is 13.6. The highest BCUT2D eigenvalue weighted by molar-refractivity contribution is 7.09. The summed E-state index contributed by atoms with van der Waals surface area (Å²) in [6.45, 7) is 2.71. The molecule has 0 fully saturated rings. The fraction of sp³-hybridized carbons (Fsp3) is 0.261. The molecule has 8 heteroatoms. The molecule has 2 N–H and O–H groups in total. The second-order valence-corrected chi connectivity index (χ2v) is 8.09. The first-order chi connectivity index (χ1) is 14.9. The van der Waals surface area contributed by atoms with Crippen LogP contribution in [0.15, 0.2) is 47.8 Å². The number of rotatable bonds is 9. The van der Waals surface area contributed by atoms with Crippen LogP contribution in [0.3, 0.4) is 0 Å². The summed E-state index contributed by atoms with van der Waals surface area (Å²) in [6.07, 6.45) is 1.37. The molecule has 2 amide bonds. The van der Waals surface area contributed by atoms with Gasteiger partial charge < -0.3 is 10.6 Å². The minimum Gasteiger partial charge on any atom is -0.356 e. The van der Waals surface area contributed by atoms with Crippen molar-refractivity contribution in [2.45, 2.75) is 26.2 Å². The van der Waals surface area contributed by atoms with Crippen molar-refractivity contribution in [3.8, 4) is 11.3 Å². The molecule has 3 rings (SSSR count). The van der Waals surface area contributed by atoms with Crippen molar-refractivity contribution >= 4 is 23.2 Å². The summed E-state index contributed by atoms with van der Waals surface area (Å²) in [7, 11) is 0. The van der Waals surface area contributed by atoms with Gasteiger partial charge in [0.2, 0.25) is 5.91 Å². The molecule has 2 aromatic carbocycles. The van der Waals surface area contributed by atoms with E-state index in [1.54, 1.807) is 11.3 Å². The maximum atomic E-state index is 13.6. The Hall–Kier alpha value is -3.13. The third-order valence-corrected chi connectivity index (χ3v) is 5.42. The Balaban J connectivity index is 1.33. The third-order valence-electron chi connectivity index (χ3n) is 4.65. The highest BCUT2D eigenvalue weighted by Crippen LogP contribution is 2.21. The summed E-state index contributed by atoms with van der Waals surface area (Å²) in [6, 6.07) is 10.9. The Morgan fingerprint density at radius 3 is 2.48 bits per heavy atom. The van der Waals surface area contributed by atoms with Crippen molar-refractivity contribution in [3.63, 3.8) is 0 Å². The van der Waals surface area contributed by atoms with Gasteiger partial charge in [-0.05, 0) is 37.5 Å². The Bertz CT molecular complexity index is 1050. The number of thiazole rings is 1. The smallest absolute Gasteiger partial charge is 0.254 e. The van der Waals surface area contributed by atoms with E-state index in [1.807, 2.05) is 36.6 Å². The van der Waals surface area contributed by atoms with Gasteiger partial charge in [-0.2, -0.15) is 0 Å². The molecular formula is C23H23F2N3O2S. The number of nitrogens with zero attached hydrogens (tertiary/aromatic N) is 1. The van der Waals surface area contributed by atoms with Crippen LogP contribution in [-0.2, 0) is 11.2 Å². The Morgan fingerprint density at radius 2 is 1.81 bits per heavy atom. The molecule has 1 heterocycles. The van der Waals surface area contributed by atoms with Crippen molar-refractivity contribution in [2.75, 3.05) is 13.1 Å². The van der Waals surface area contributed by atoms with Crippen LogP contribution in [0.2, 0.25) is 0 Å². The van der Waals surface area contributed by atoms with E-state index in [0.717, 1.165) is 34.0 Å². The molecule has 0 aliphatic carbocycles. The third kappa shape index (κ3) is 6.68. The maximum Gasteiger partial charge on any atom is 0.254 e. The summed E-state index contributed by atoms with van der Waals surface area (Å²) in [5, 5.41) is 8.45. The number of hydrogen-bond donors (Lipinski definition) is 2. The first-order valence-electron chi connectivity index (χ1n) is 9.94. The highest BCUT2D eigenvalue weighted by Gasteiger charge is 2.12. The summed E-state index contributed by atoms with van der Waals surface area (Å²) < 4.78 is 26.4. The first kappa shape index (κ1) is 22.6. The minimum absolute atomic E-state index is 0.114. The first-order valence-corrected chi connectivity index (χ1v) is 10.8. The van der Waals surface area contributed by atoms with E-state index in [1.165, 1.54) is 0 Å². The lowest BCUT2D eigenvalue weighted by Gasteiger charge is -2.08. The zero-order chi connectivity index (χ0) is 22.2. The standard InChI is InChI=1S/C23H23F2N3O2S/c1-15-28-21(14-31-15)17-6-4-16(5-7-17)10-12-26-22(29)3-2-11-27-23(30)19-9-8-18(24)13-20(19)25/h4-9,13-14H,2-3,10-12H2,1H3,(H,26,29)(H,27,30). The number of nitrogens with one attached hydrogen (secondary N) is 2. The topological polar surface area (TPSA) is 71.1 Å². The highest BCUT2D eigenvalue weighted by atomic mass is 32.1. The number of aryl methyl sites for hydroxylation is 1. The molecule has 1 aromatic heterocycles. The zero-order valence-corrected chi connectivity index (χ0v) is 17.9. The van der Waals surface area contributed by atoms with Gasteiger partial charge in [-0.25, -0.2) is 13.8 Å². The van der Waals surface area contributed by atoms with E-state index in [2.05, 4.69) is 15.6 Å². The molecular weight excluding hydrogens is 420 g/mol. The second kappa shape index (κ2) is 10.8. The van der Waals surface area contributed by atoms with E-state index in [0.29, 0.717) is 25.5 Å². The average Bonchev–Trinajstić information content (AvgIpc) is 3.18. The second-order valence-electron chi connectivity index (χ2n) is 7.03. The SMILES string of the molecule is Cc1nc(-c2ccc(CCNC(=O)CCCNC(=O)c3ccc(F)cc3F)cc2)cs1. The Kier molecular flexibility index (Phi) is 7.83. The van der Waals surface area contributed by atoms with Crippen molar-refractivity contribution < 1.29 is 18.4 Å². The van der Waals surface area contributed by atoms with Gasteiger partial charge in [0.25, 0.3) is 5.91 Å². The van der Waals surface area contributed by atoms with Crippen LogP contribution < -0.4 is 10.6 Å². The van der Waals surface area contributed by atoms with Gasteiger partial charge in [0.1, 0.15) is 11.6 Å². The molecule has 0 aliphatic rings. The van der Waals surface area contributed by atoms with E-state index in [-0.39, 0.29) is 24.4 Å². The average molecular weight is 444 g/mol. The van der Waals surface area contributed by atoms with Crippen LogP contribution in [0.4, 0.5) is 8.78 Å². The summed E-state index contributed by atoms with van der Waals surface area (Å²) >= 11 is 1.62. The van der Waals surface area contributed by atoms with E-state index in [9.17, 15) is 18.4 Å². The summed E-state index contributed by atoms with van der Waals surface area (Å²) in [5.74, 6) is -2.40. The fourth-order valence-electron chi connectivity index (χ4n) is 2.99. The molecule has 0 bridgehead atoms. The van der Waals surface area contributed by atoms with Crippen molar-refractivity contribution in [1.29, 1.82) is 0 Å². The monoisotopic (exact) mass is 443 g/mol. The largest absolute Gasteiger partial charge is 0.356 e. The van der Waals surface area contributed by atoms with Crippen LogP contribution >= 0.6 is 11.3 Å². The van der Waals surface area contributed by atoms with E-state index >= 15 is 0 Å². The summed E-state index contributed by atoms with van der Waals surface area (Å²) in [5.41, 5.74) is 2.93. The number of carbonyl (C=O) groups is 2. The van der Waals surface area contributed by atoms with Gasteiger partial charge in [-0.3, -0.25) is 9.59 Å². The number of amides is 2. The molecule has 162 valence electrons. The van der Waals surface area contributed by atoms with E-state index < -0.39 is 17.5 Å². The van der Waals surface area contributed by atoms with Gasteiger partial charge in [-0.15, -0.1) is 11.3 Å². The van der Waals surface area contributed by atoms with Crippen molar-refractivity contribution in [1.82, 2.24) is 15.6 Å². The number of halogens is 2. The number of benzene rings is 2. The van der Waals surface area contributed by atoms with Crippen LogP contribution in [0.1, 0.15) is 33.8 Å². The molecule has 31 heavy (non-hydrogen) atoms. The quantitative estimate of drug-likeness (QED) is 0.486. The van der Waals surface area contributed by atoms with Crippen LogP contribution in [-0.4, -0.2) is 29.9 Å². The van der Waals surface area contributed by atoms with E-state index in [4.69, 9.17) is 0 Å². The van der Waals surface area contributed by atoms with Gasteiger partial charge in [0, 0.05) is 36.5 Å². The molecule has 0 saturated heterocycles. The molecule has 0 aliphatic heterocycles. The molecule has 3 aromatic rings. The molecule has 0 saturated carbocycles. The lowest BCUT2D eigenvalue weighted by atomic mass is 10.1. The lowest BCUT2D eigenvalue weighted by Crippen LogP contribution is -2.29. The van der Waals surface area contributed by atoms with Crippen molar-refractivity contribution in [3.05, 3.63) is 75.6 Å². The molecule has 5 nitrogen and oxygen atoms in total.